The molecule has 0 saturated carbocycles. The molecule has 1 aliphatic heterocycles. The molecule has 1 fully saturated rings. The van der Waals surface area contributed by atoms with Gasteiger partial charge in [0, 0.05) is 30.3 Å². The Labute approximate surface area is 137 Å². The Kier molecular flexibility index (Phi) is 6.96. The van der Waals surface area contributed by atoms with Gasteiger partial charge < -0.3 is 20.4 Å². The van der Waals surface area contributed by atoms with Gasteiger partial charge in [0.05, 0.1) is 0 Å². The van der Waals surface area contributed by atoms with Gasteiger partial charge in [-0.1, -0.05) is 17.7 Å². The van der Waals surface area contributed by atoms with Crippen molar-refractivity contribution < 1.29 is 4.79 Å². The second kappa shape index (κ2) is 8.98. The van der Waals surface area contributed by atoms with E-state index >= 15 is 0 Å². The number of benzene rings is 1. The molecular weight excluding hydrogens is 300 g/mol. The summed E-state index contributed by atoms with van der Waals surface area (Å²) < 4.78 is 0. The van der Waals surface area contributed by atoms with Crippen molar-refractivity contribution in [3.8, 4) is 0 Å². The van der Waals surface area contributed by atoms with E-state index < -0.39 is 0 Å². The van der Waals surface area contributed by atoms with Crippen LogP contribution in [0.2, 0.25) is 5.02 Å². The summed E-state index contributed by atoms with van der Waals surface area (Å²) in [6, 6.07) is 6.96. The molecule has 1 heterocycles. The van der Waals surface area contributed by atoms with Crippen molar-refractivity contribution >= 4 is 23.3 Å². The minimum absolute atomic E-state index is 0.183. The molecule has 22 heavy (non-hydrogen) atoms. The van der Waals surface area contributed by atoms with Crippen LogP contribution in [-0.4, -0.2) is 62.1 Å². The molecule has 1 aromatic carbocycles. The highest BCUT2D eigenvalue weighted by Gasteiger charge is 2.11. The first kappa shape index (κ1) is 17.1. The van der Waals surface area contributed by atoms with E-state index in [9.17, 15) is 4.79 Å². The van der Waals surface area contributed by atoms with E-state index in [1.165, 1.54) is 13.0 Å². The molecule has 0 radical (unpaired) electrons. The molecule has 122 valence electrons. The van der Waals surface area contributed by atoms with E-state index in [1.807, 2.05) is 12.1 Å². The smallest absolute Gasteiger partial charge is 0.319 e. The summed E-state index contributed by atoms with van der Waals surface area (Å²) in [4.78, 5) is 16.6. The van der Waals surface area contributed by atoms with Crippen molar-refractivity contribution in [3.05, 3.63) is 29.3 Å². The minimum Gasteiger partial charge on any atom is -0.338 e. The molecule has 1 aromatic rings. The third-order valence-electron chi connectivity index (χ3n) is 3.83. The first-order valence-corrected chi connectivity index (χ1v) is 8.22. The Hall–Kier alpha value is -1.30. The van der Waals surface area contributed by atoms with Gasteiger partial charge in [-0.05, 0) is 57.7 Å². The van der Waals surface area contributed by atoms with Crippen LogP contribution in [0.4, 0.5) is 10.5 Å². The molecule has 0 atom stereocenters. The normalized spacial score (nSPS) is 17.0. The summed E-state index contributed by atoms with van der Waals surface area (Å²) in [5.74, 6) is 0. The number of halogens is 1. The number of hydrogen-bond donors (Lipinski definition) is 2. The summed E-state index contributed by atoms with van der Waals surface area (Å²) in [5.41, 5.74) is 0.709. The maximum atomic E-state index is 11.8. The highest BCUT2D eigenvalue weighted by Crippen LogP contribution is 2.14. The van der Waals surface area contributed by atoms with Crippen LogP contribution in [0.25, 0.3) is 0 Å². The summed E-state index contributed by atoms with van der Waals surface area (Å²) in [6.45, 7) is 6.29. The van der Waals surface area contributed by atoms with E-state index in [2.05, 4.69) is 27.5 Å². The van der Waals surface area contributed by atoms with Crippen LogP contribution < -0.4 is 10.6 Å². The zero-order valence-electron chi connectivity index (χ0n) is 13.1. The summed E-state index contributed by atoms with van der Waals surface area (Å²) in [5, 5.41) is 6.28. The molecule has 2 amide bonds. The molecule has 2 N–H and O–H groups in total. The molecule has 0 spiro atoms. The number of carbonyl (C=O) groups excluding carboxylic acids is 1. The Balaban J connectivity index is 1.61. The SMILES string of the molecule is CN1CCCN(CCCNC(=O)Nc2cccc(Cl)c2)CC1. The van der Waals surface area contributed by atoms with Gasteiger partial charge >= 0.3 is 6.03 Å². The monoisotopic (exact) mass is 324 g/mol. The van der Waals surface area contributed by atoms with Crippen LogP contribution in [0.5, 0.6) is 0 Å². The van der Waals surface area contributed by atoms with Gasteiger partial charge in [-0.25, -0.2) is 4.79 Å². The number of nitrogens with zero attached hydrogens (tertiary/aromatic N) is 2. The van der Waals surface area contributed by atoms with E-state index in [0.717, 1.165) is 32.6 Å². The average molecular weight is 325 g/mol. The highest BCUT2D eigenvalue weighted by atomic mass is 35.5. The molecule has 0 bridgehead atoms. The quantitative estimate of drug-likeness (QED) is 0.818. The number of likely N-dealkylation sites (N-methyl/N-ethyl adjacent to an activating group) is 1. The Morgan fingerprint density at radius 1 is 1.27 bits per heavy atom. The second-order valence-corrected chi connectivity index (χ2v) is 6.18. The first-order chi connectivity index (χ1) is 10.6. The topological polar surface area (TPSA) is 47.6 Å². The molecule has 2 rings (SSSR count). The molecular formula is C16H25ClN4O. The number of hydrogen-bond acceptors (Lipinski definition) is 3. The van der Waals surface area contributed by atoms with Crippen molar-refractivity contribution in [2.24, 2.45) is 0 Å². The van der Waals surface area contributed by atoms with Crippen molar-refractivity contribution in [1.29, 1.82) is 0 Å². The maximum Gasteiger partial charge on any atom is 0.319 e. The molecule has 6 heteroatoms. The van der Waals surface area contributed by atoms with Crippen molar-refractivity contribution in [2.45, 2.75) is 12.8 Å². The number of rotatable bonds is 5. The lowest BCUT2D eigenvalue weighted by Gasteiger charge is -2.20. The van der Waals surface area contributed by atoms with E-state index in [1.54, 1.807) is 12.1 Å². The van der Waals surface area contributed by atoms with Crippen molar-refractivity contribution in [2.75, 3.05) is 51.6 Å². The Morgan fingerprint density at radius 3 is 2.95 bits per heavy atom. The lowest BCUT2D eigenvalue weighted by atomic mass is 10.3. The maximum absolute atomic E-state index is 11.8. The van der Waals surface area contributed by atoms with Crippen LogP contribution in [0.1, 0.15) is 12.8 Å². The van der Waals surface area contributed by atoms with Gasteiger partial charge in [0.1, 0.15) is 0 Å². The summed E-state index contributed by atoms with van der Waals surface area (Å²) >= 11 is 5.88. The molecule has 1 saturated heterocycles. The fourth-order valence-corrected chi connectivity index (χ4v) is 2.76. The molecule has 0 aromatic heterocycles. The molecule has 0 aliphatic carbocycles. The van der Waals surface area contributed by atoms with Crippen LogP contribution in [0, 0.1) is 0 Å². The van der Waals surface area contributed by atoms with Crippen LogP contribution in [-0.2, 0) is 0 Å². The van der Waals surface area contributed by atoms with Gasteiger partial charge in [-0.3, -0.25) is 0 Å². The molecule has 0 unspecified atom stereocenters. The predicted molar refractivity (Wildman–Crippen MR) is 91.6 cm³/mol. The average Bonchev–Trinajstić information content (AvgIpc) is 2.68. The van der Waals surface area contributed by atoms with Crippen LogP contribution in [0.3, 0.4) is 0 Å². The van der Waals surface area contributed by atoms with Gasteiger partial charge in [-0.15, -0.1) is 0 Å². The number of nitrogens with one attached hydrogen (secondary N) is 2. The standard InChI is InChI=1S/C16H25ClN4O/c1-20-8-4-10-21(12-11-20)9-3-7-18-16(22)19-15-6-2-5-14(17)13-15/h2,5-6,13H,3-4,7-12H2,1H3,(H2,18,19,22). The summed E-state index contributed by atoms with van der Waals surface area (Å²) in [7, 11) is 2.17. The third-order valence-corrected chi connectivity index (χ3v) is 4.07. The fraction of sp³-hybridized carbons (Fsp3) is 0.562. The van der Waals surface area contributed by atoms with E-state index in [-0.39, 0.29) is 6.03 Å². The Morgan fingerprint density at radius 2 is 2.14 bits per heavy atom. The second-order valence-electron chi connectivity index (χ2n) is 5.74. The van der Waals surface area contributed by atoms with Crippen molar-refractivity contribution in [3.63, 3.8) is 0 Å². The number of urea groups is 1. The lowest BCUT2D eigenvalue weighted by Crippen LogP contribution is -2.34. The van der Waals surface area contributed by atoms with Gasteiger partial charge in [0.15, 0.2) is 0 Å². The zero-order valence-corrected chi connectivity index (χ0v) is 13.9. The Bertz CT molecular complexity index is 483. The summed E-state index contributed by atoms with van der Waals surface area (Å²) in [6.07, 6.45) is 2.19. The highest BCUT2D eigenvalue weighted by molar-refractivity contribution is 6.30. The molecule has 1 aliphatic rings. The van der Waals surface area contributed by atoms with E-state index in [0.29, 0.717) is 17.3 Å². The van der Waals surface area contributed by atoms with E-state index in [4.69, 9.17) is 11.6 Å². The van der Waals surface area contributed by atoms with Gasteiger partial charge in [0.2, 0.25) is 0 Å². The van der Waals surface area contributed by atoms with Crippen molar-refractivity contribution in [1.82, 2.24) is 15.1 Å². The third kappa shape index (κ3) is 6.22. The largest absolute Gasteiger partial charge is 0.338 e. The lowest BCUT2D eigenvalue weighted by molar-refractivity contribution is 0.248. The van der Waals surface area contributed by atoms with Crippen LogP contribution >= 0.6 is 11.6 Å². The minimum atomic E-state index is -0.183. The van der Waals surface area contributed by atoms with Gasteiger partial charge in [0.25, 0.3) is 0 Å². The predicted octanol–water partition coefficient (Wildman–Crippen LogP) is 2.49. The first-order valence-electron chi connectivity index (χ1n) is 7.85. The van der Waals surface area contributed by atoms with Crippen LogP contribution in [0.15, 0.2) is 24.3 Å². The van der Waals surface area contributed by atoms with Gasteiger partial charge in [-0.2, -0.15) is 0 Å². The molecule has 5 nitrogen and oxygen atoms in total. The number of carbonyl (C=O) groups is 1. The zero-order chi connectivity index (χ0) is 15.8. The number of amides is 2. The fourth-order valence-electron chi connectivity index (χ4n) is 2.57. The number of anilines is 1.